The number of benzene rings is 2. The van der Waals surface area contributed by atoms with Gasteiger partial charge in [0.05, 0.1) is 10.6 Å². The van der Waals surface area contributed by atoms with Gasteiger partial charge in [-0.25, -0.2) is 8.42 Å². The summed E-state index contributed by atoms with van der Waals surface area (Å²) in [6, 6.07) is 12.8. The second kappa shape index (κ2) is 7.34. The van der Waals surface area contributed by atoms with Crippen LogP contribution in [0, 0.1) is 0 Å². The molecule has 0 saturated carbocycles. The molecule has 2 aromatic carbocycles. The van der Waals surface area contributed by atoms with Crippen LogP contribution in [-0.2, 0) is 14.6 Å². The predicted molar refractivity (Wildman–Crippen MR) is 88.3 cm³/mol. The molecule has 0 bridgehead atoms. The fourth-order valence-electron chi connectivity index (χ4n) is 1.69. The van der Waals surface area contributed by atoms with Crippen molar-refractivity contribution in [3.8, 4) is 5.75 Å². The SMILES string of the molecule is CS(=O)(=O)c1cccc(OCC(=O)NNc2cccc(Cl)c2)c1. The number of hydrogen-bond donors (Lipinski definition) is 2. The van der Waals surface area contributed by atoms with Crippen molar-refractivity contribution in [1.29, 1.82) is 0 Å². The Labute approximate surface area is 139 Å². The highest BCUT2D eigenvalue weighted by atomic mass is 35.5. The van der Waals surface area contributed by atoms with Gasteiger partial charge in [0, 0.05) is 11.3 Å². The molecule has 0 unspecified atom stereocenters. The average molecular weight is 355 g/mol. The molecule has 0 aliphatic carbocycles. The first-order chi connectivity index (χ1) is 10.8. The fourth-order valence-corrected chi connectivity index (χ4v) is 2.53. The fraction of sp³-hybridized carbons (Fsp3) is 0.133. The van der Waals surface area contributed by atoms with Gasteiger partial charge in [0.25, 0.3) is 5.91 Å². The first kappa shape index (κ1) is 17.1. The third-order valence-electron chi connectivity index (χ3n) is 2.77. The van der Waals surface area contributed by atoms with E-state index in [0.717, 1.165) is 6.26 Å². The van der Waals surface area contributed by atoms with Gasteiger partial charge in [0.15, 0.2) is 16.4 Å². The number of halogens is 1. The number of amides is 1. The predicted octanol–water partition coefficient (Wildman–Crippen LogP) is 2.27. The molecule has 8 heteroatoms. The maximum Gasteiger partial charge on any atom is 0.276 e. The summed E-state index contributed by atoms with van der Waals surface area (Å²) in [7, 11) is -3.32. The second-order valence-electron chi connectivity index (χ2n) is 4.72. The maximum absolute atomic E-state index is 11.7. The average Bonchev–Trinajstić information content (AvgIpc) is 2.50. The van der Waals surface area contributed by atoms with Crippen molar-refractivity contribution in [2.45, 2.75) is 4.90 Å². The molecule has 0 atom stereocenters. The lowest BCUT2D eigenvalue weighted by molar-refractivity contribution is -0.122. The Morgan fingerprint density at radius 1 is 1.17 bits per heavy atom. The van der Waals surface area contributed by atoms with Crippen molar-refractivity contribution in [2.75, 3.05) is 18.3 Å². The van der Waals surface area contributed by atoms with Crippen LogP contribution in [0.15, 0.2) is 53.4 Å². The molecule has 0 aliphatic rings. The lowest BCUT2D eigenvalue weighted by atomic mass is 10.3. The summed E-state index contributed by atoms with van der Waals surface area (Å²) in [6.45, 7) is -0.263. The molecule has 2 N–H and O–H groups in total. The van der Waals surface area contributed by atoms with Crippen LogP contribution in [-0.4, -0.2) is 27.2 Å². The van der Waals surface area contributed by atoms with E-state index in [4.69, 9.17) is 16.3 Å². The number of carbonyl (C=O) groups is 1. The molecule has 2 rings (SSSR count). The number of nitrogens with one attached hydrogen (secondary N) is 2. The molecule has 0 aromatic heterocycles. The third kappa shape index (κ3) is 5.46. The summed E-state index contributed by atoms with van der Waals surface area (Å²) >= 11 is 5.83. The Morgan fingerprint density at radius 3 is 2.61 bits per heavy atom. The maximum atomic E-state index is 11.7. The Morgan fingerprint density at radius 2 is 1.91 bits per heavy atom. The Bertz CT molecular complexity index is 809. The van der Waals surface area contributed by atoms with Gasteiger partial charge >= 0.3 is 0 Å². The van der Waals surface area contributed by atoms with Gasteiger partial charge in [0.1, 0.15) is 5.75 Å². The molecular formula is C15H15ClN2O4S. The zero-order valence-electron chi connectivity index (χ0n) is 12.2. The number of rotatable bonds is 6. The molecule has 23 heavy (non-hydrogen) atoms. The molecule has 2 aromatic rings. The van der Waals surface area contributed by atoms with Crippen LogP contribution >= 0.6 is 11.6 Å². The summed E-state index contributed by atoms with van der Waals surface area (Å²) < 4.78 is 28.2. The Kier molecular flexibility index (Phi) is 5.46. The summed E-state index contributed by atoms with van der Waals surface area (Å²) in [5.74, 6) is -0.124. The highest BCUT2D eigenvalue weighted by Gasteiger charge is 2.09. The van der Waals surface area contributed by atoms with E-state index in [1.165, 1.54) is 12.1 Å². The van der Waals surface area contributed by atoms with E-state index in [2.05, 4.69) is 10.9 Å². The van der Waals surface area contributed by atoms with E-state index in [9.17, 15) is 13.2 Å². The Balaban J connectivity index is 1.87. The van der Waals surface area contributed by atoms with Gasteiger partial charge in [-0.2, -0.15) is 0 Å². The molecule has 0 aliphatic heterocycles. The summed E-state index contributed by atoms with van der Waals surface area (Å²) in [5.41, 5.74) is 5.78. The molecule has 0 fully saturated rings. The van der Waals surface area contributed by atoms with Gasteiger partial charge < -0.3 is 4.74 Å². The van der Waals surface area contributed by atoms with Crippen LogP contribution in [0.4, 0.5) is 5.69 Å². The quantitative estimate of drug-likeness (QED) is 0.777. The number of hydrazine groups is 1. The molecule has 0 radical (unpaired) electrons. The largest absolute Gasteiger partial charge is 0.484 e. The molecule has 1 amide bonds. The molecule has 6 nitrogen and oxygen atoms in total. The van der Waals surface area contributed by atoms with Crippen molar-refractivity contribution >= 4 is 33.0 Å². The molecule has 0 saturated heterocycles. The van der Waals surface area contributed by atoms with Gasteiger partial charge in [-0.15, -0.1) is 0 Å². The van der Waals surface area contributed by atoms with Crippen LogP contribution in [0.1, 0.15) is 0 Å². The topological polar surface area (TPSA) is 84.5 Å². The first-order valence-electron chi connectivity index (χ1n) is 6.58. The standard InChI is InChI=1S/C15H15ClN2O4S/c1-23(20,21)14-7-3-6-13(9-14)22-10-15(19)18-17-12-5-2-4-11(16)8-12/h2-9,17H,10H2,1H3,(H,18,19). The van der Waals surface area contributed by atoms with Gasteiger partial charge in [0.2, 0.25) is 0 Å². The molecular weight excluding hydrogens is 340 g/mol. The number of anilines is 1. The first-order valence-corrected chi connectivity index (χ1v) is 8.85. The van der Waals surface area contributed by atoms with E-state index in [-0.39, 0.29) is 11.5 Å². The van der Waals surface area contributed by atoms with Crippen molar-refractivity contribution in [2.24, 2.45) is 0 Å². The van der Waals surface area contributed by atoms with Crippen molar-refractivity contribution in [3.63, 3.8) is 0 Å². The van der Waals surface area contributed by atoms with Crippen LogP contribution in [0.25, 0.3) is 0 Å². The zero-order chi connectivity index (χ0) is 16.9. The van der Waals surface area contributed by atoms with E-state index < -0.39 is 15.7 Å². The number of sulfone groups is 1. The van der Waals surface area contributed by atoms with Crippen molar-refractivity contribution in [1.82, 2.24) is 5.43 Å². The van der Waals surface area contributed by atoms with Gasteiger partial charge in [-0.1, -0.05) is 23.7 Å². The van der Waals surface area contributed by atoms with Crippen LogP contribution < -0.4 is 15.6 Å². The summed E-state index contributed by atoms with van der Waals surface area (Å²) in [5, 5.41) is 0.540. The minimum absolute atomic E-state index is 0.132. The van der Waals surface area contributed by atoms with E-state index in [1.54, 1.807) is 36.4 Å². The summed E-state index contributed by atoms with van der Waals surface area (Å²) in [4.78, 5) is 11.8. The number of hydrogen-bond acceptors (Lipinski definition) is 5. The summed E-state index contributed by atoms with van der Waals surface area (Å²) in [6.07, 6.45) is 1.10. The minimum Gasteiger partial charge on any atom is -0.484 e. The van der Waals surface area contributed by atoms with E-state index in [0.29, 0.717) is 16.5 Å². The smallest absolute Gasteiger partial charge is 0.276 e. The highest BCUT2D eigenvalue weighted by molar-refractivity contribution is 7.90. The van der Waals surface area contributed by atoms with Crippen LogP contribution in [0.3, 0.4) is 0 Å². The van der Waals surface area contributed by atoms with E-state index in [1.807, 2.05) is 0 Å². The molecule has 0 spiro atoms. The number of carbonyl (C=O) groups excluding carboxylic acids is 1. The monoisotopic (exact) mass is 354 g/mol. The second-order valence-corrected chi connectivity index (χ2v) is 7.17. The molecule has 0 heterocycles. The highest BCUT2D eigenvalue weighted by Crippen LogP contribution is 2.17. The Hall–Kier alpha value is -2.25. The van der Waals surface area contributed by atoms with Gasteiger partial charge in [-0.05, 0) is 36.4 Å². The van der Waals surface area contributed by atoms with E-state index >= 15 is 0 Å². The minimum atomic E-state index is -3.32. The van der Waals surface area contributed by atoms with Crippen LogP contribution in [0.2, 0.25) is 5.02 Å². The lowest BCUT2D eigenvalue weighted by Crippen LogP contribution is -2.33. The molecule has 122 valence electrons. The van der Waals surface area contributed by atoms with Gasteiger partial charge in [-0.3, -0.25) is 15.6 Å². The zero-order valence-corrected chi connectivity index (χ0v) is 13.8. The van der Waals surface area contributed by atoms with Crippen molar-refractivity contribution in [3.05, 3.63) is 53.6 Å². The lowest BCUT2D eigenvalue weighted by Gasteiger charge is -2.10. The number of ether oxygens (including phenoxy) is 1. The third-order valence-corrected chi connectivity index (χ3v) is 4.12. The van der Waals surface area contributed by atoms with Crippen molar-refractivity contribution < 1.29 is 17.9 Å². The normalized spacial score (nSPS) is 10.9. The van der Waals surface area contributed by atoms with Crippen LogP contribution in [0.5, 0.6) is 5.75 Å².